The van der Waals surface area contributed by atoms with Crippen LogP contribution in [0.15, 0.2) is 35.3 Å². The van der Waals surface area contributed by atoms with Crippen molar-refractivity contribution < 1.29 is 33.3 Å². The van der Waals surface area contributed by atoms with Gasteiger partial charge in [-0.2, -0.15) is 0 Å². The van der Waals surface area contributed by atoms with Crippen molar-refractivity contribution in [2.24, 2.45) is 4.99 Å². The Kier molecular flexibility index (Phi) is 7.04. The Hall–Kier alpha value is -3.95. The minimum Gasteiger partial charge on any atom is -0.493 e. The minimum absolute atomic E-state index is 0.0304. The maximum Gasteiger partial charge on any atom is 0.258 e. The van der Waals surface area contributed by atoms with Gasteiger partial charge in [-0.05, 0) is 30.3 Å². The lowest BCUT2D eigenvalue weighted by molar-refractivity contribution is -0.120. The highest BCUT2D eigenvalue weighted by Gasteiger charge is 2.28. The van der Waals surface area contributed by atoms with E-state index >= 15 is 0 Å². The first-order valence-corrected chi connectivity index (χ1v) is 9.65. The van der Waals surface area contributed by atoms with Gasteiger partial charge in [0, 0.05) is 11.1 Å². The third kappa shape index (κ3) is 4.53. The number of nitrogens with zero attached hydrogens (tertiary/aromatic N) is 1. The molecule has 0 fully saturated rings. The van der Waals surface area contributed by atoms with Gasteiger partial charge in [-0.1, -0.05) is 0 Å². The number of rotatable bonds is 7. The average Bonchev–Trinajstić information content (AvgIpc) is 2.81. The smallest absolute Gasteiger partial charge is 0.258 e. The van der Waals surface area contributed by atoms with E-state index in [-0.39, 0.29) is 18.3 Å². The molecule has 1 heterocycles. The highest BCUT2D eigenvalue weighted by molar-refractivity contribution is 6.10. The number of amides is 2. The van der Waals surface area contributed by atoms with E-state index in [1.807, 2.05) is 0 Å². The van der Waals surface area contributed by atoms with E-state index in [0.717, 1.165) is 0 Å². The van der Waals surface area contributed by atoms with E-state index in [1.54, 1.807) is 24.3 Å². The van der Waals surface area contributed by atoms with E-state index in [2.05, 4.69) is 15.6 Å². The van der Waals surface area contributed by atoms with Crippen LogP contribution in [0.3, 0.4) is 0 Å². The highest BCUT2D eigenvalue weighted by atomic mass is 16.5. The molecule has 1 aliphatic heterocycles. The molecular weight excluding hydrogens is 418 g/mol. The molecule has 1 aliphatic rings. The lowest BCUT2D eigenvalue weighted by Gasteiger charge is -2.24. The summed E-state index contributed by atoms with van der Waals surface area (Å²) in [6.45, 7) is 0. The number of methoxy groups -OCH3 is 5. The lowest BCUT2D eigenvalue weighted by Crippen LogP contribution is -2.47. The van der Waals surface area contributed by atoms with Crippen molar-refractivity contribution in [3.8, 4) is 28.7 Å². The topological polar surface area (TPSA) is 117 Å². The van der Waals surface area contributed by atoms with Crippen LogP contribution in [0.4, 0.5) is 0 Å². The molecular formula is C22H25N3O7. The normalized spacial score (nSPS) is 15.2. The summed E-state index contributed by atoms with van der Waals surface area (Å²) in [6.07, 6.45) is 0.0710. The Bertz CT molecular complexity index is 1050. The van der Waals surface area contributed by atoms with Crippen molar-refractivity contribution in [2.45, 2.75) is 12.5 Å². The van der Waals surface area contributed by atoms with Crippen LogP contribution < -0.4 is 34.3 Å². The molecule has 2 N–H and O–H groups in total. The Morgan fingerprint density at radius 1 is 0.906 bits per heavy atom. The van der Waals surface area contributed by atoms with Crippen LogP contribution in [0, 0.1) is 0 Å². The summed E-state index contributed by atoms with van der Waals surface area (Å²) in [4.78, 5) is 29.6. The lowest BCUT2D eigenvalue weighted by atomic mass is 10.0. The molecule has 1 atom stereocenters. The first kappa shape index (κ1) is 22.7. The second kappa shape index (κ2) is 9.90. The molecule has 0 aromatic heterocycles. The van der Waals surface area contributed by atoms with Gasteiger partial charge in [0.25, 0.3) is 5.91 Å². The molecule has 3 rings (SSSR count). The number of carbonyl (C=O) groups excluding carboxylic acids is 2. The summed E-state index contributed by atoms with van der Waals surface area (Å²) in [5.41, 5.74) is 0.934. The monoisotopic (exact) mass is 443 g/mol. The number of carbonyl (C=O) groups is 2. The number of guanidine groups is 1. The first-order valence-electron chi connectivity index (χ1n) is 9.65. The quantitative estimate of drug-likeness (QED) is 0.673. The fourth-order valence-corrected chi connectivity index (χ4v) is 3.38. The van der Waals surface area contributed by atoms with E-state index in [4.69, 9.17) is 23.7 Å². The molecule has 0 radical (unpaired) electrons. The van der Waals surface area contributed by atoms with Crippen LogP contribution in [-0.2, 0) is 4.79 Å². The number of aliphatic imine (C=N–C) groups is 1. The molecule has 2 aromatic carbocycles. The SMILES string of the molecule is COc1ccc(C(=O)NC2=N[C@H](c3ccc(OC)c(OC)c3OC)CC(=O)N2)cc1OC. The standard InChI is InChI=1S/C22H25N3O7/c1-28-15-8-6-12(10-17(15)30-3)21(27)25-22-23-14(11-18(26)24-22)13-7-9-16(29-2)20(32-5)19(13)31-4/h6-10,14H,11H2,1-5H3,(H2,23,24,25,26,27)/t14-/m0/s1. The van der Waals surface area contributed by atoms with Gasteiger partial charge in [0.05, 0.1) is 48.0 Å². The van der Waals surface area contributed by atoms with Crippen molar-refractivity contribution in [3.63, 3.8) is 0 Å². The largest absolute Gasteiger partial charge is 0.493 e. The van der Waals surface area contributed by atoms with Crippen LogP contribution in [0.2, 0.25) is 0 Å². The summed E-state index contributed by atoms with van der Waals surface area (Å²) in [6, 6.07) is 7.60. The van der Waals surface area contributed by atoms with Crippen molar-refractivity contribution >= 4 is 17.8 Å². The van der Waals surface area contributed by atoms with Gasteiger partial charge in [0.15, 0.2) is 23.0 Å². The zero-order valence-electron chi connectivity index (χ0n) is 18.5. The maximum absolute atomic E-state index is 12.7. The zero-order chi connectivity index (χ0) is 23.3. The van der Waals surface area contributed by atoms with Crippen LogP contribution in [0.1, 0.15) is 28.4 Å². The fraction of sp³-hybridized carbons (Fsp3) is 0.318. The fourth-order valence-electron chi connectivity index (χ4n) is 3.38. The number of ether oxygens (including phenoxy) is 5. The molecule has 170 valence electrons. The van der Waals surface area contributed by atoms with Crippen molar-refractivity contribution in [3.05, 3.63) is 41.5 Å². The zero-order valence-corrected chi connectivity index (χ0v) is 18.5. The van der Waals surface area contributed by atoms with Crippen LogP contribution in [-0.4, -0.2) is 53.3 Å². The Morgan fingerprint density at radius 3 is 2.19 bits per heavy atom. The Labute approximate surface area is 185 Å². The van der Waals surface area contributed by atoms with Gasteiger partial charge in [0.1, 0.15) is 0 Å². The van der Waals surface area contributed by atoms with Gasteiger partial charge < -0.3 is 23.7 Å². The molecule has 0 aliphatic carbocycles. The maximum atomic E-state index is 12.7. The third-order valence-corrected chi connectivity index (χ3v) is 4.89. The summed E-state index contributed by atoms with van der Waals surface area (Å²) >= 11 is 0. The van der Waals surface area contributed by atoms with Gasteiger partial charge in [-0.25, -0.2) is 4.99 Å². The van der Waals surface area contributed by atoms with Gasteiger partial charge in [-0.3, -0.25) is 20.2 Å². The highest BCUT2D eigenvalue weighted by Crippen LogP contribution is 2.44. The van der Waals surface area contributed by atoms with Crippen molar-refractivity contribution in [1.29, 1.82) is 0 Å². The Balaban J connectivity index is 1.90. The van der Waals surface area contributed by atoms with Crippen molar-refractivity contribution in [2.75, 3.05) is 35.5 Å². The second-order valence-corrected chi connectivity index (χ2v) is 6.69. The molecule has 0 saturated carbocycles. The molecule has 0 unspecified atom stereocenters. The van der Waals surface area contributed by atoms with E-state index in [9.17, 15) is 9.59 Å². The number of hydrogen-bond donors (Lipinski definition) is 2. The number of nitrogens with one attached hydrogen (secondary N) is 2. The van der Waals surface area contributed by atoms with E-state index < -0.39 is 11.9 Å². The molecule has 2 aromatic rings. The molecule has 10 nitrogen and oxygen atoms in total. The summed E-state index contributed by atoms with van der Waals surface area (Å²) in [7, 11) is 7.49. The predicted molar refractivity (Wildman–Crippen MR) is 116 cm³/mol. The van der Waals surface area contributed by atoms with Crippen molar-refractivity contribution in [1.82, 2.24) is 10.6 Å². The second-order valence-electron chi connectivity index (χ2n) is 6.69. The summed E-state index contributed by atoms with van der Waals surface area (Å²) < 4.78 is 26.7. The number of hydrogen-bond acceptors (Lipinski definition) is 8. The third-order valence-electron chi connectivity index (χ3n) is 4.89. The molecule has 32 heavy (non-hydrogen) atoms. The molecule has 0 bridgehead atoms. The van der Waals surface area contributed by atoms with E-state index in [0.29, 0.717) is 39.9 Å². The molecule has 10 heteroatoms. The van der Waals surface area contributed by atoms with Crippen LogP contribution >= 0.6 is 0 Å². The van der Waals surface area contributed by atoms with Gasteiger partial charge >= 0.3 is 0 Å². The van der Waals surface area contributed by atoms with E-state index in [1.165, 1.54) is 41.6 Å². The van der Waals surface area contributed by atoms with Crippen LogP contribution in [0.25, 0.3) is 0 Å². The van der Waals surface area contributed by atoms with Gasteiger partial charge in [-0.15, -0.1) is 0 Å². The number of benzene rings is 2. The predicted octanol–water partition coefficient (Wildman–Crippen LogP) is 2.08. The van der Waals surface area contributed by atoms with Crippen LogP contribution in [0.5, 0.6) is 28.7 Å². The molecule has 0 spiro atoms. The van der Waals surface area contributed by atoms with Gasteiger partial charge in [0.2, 0.25) is 17.6 Å². The minimum atomic E-state index is -0.598. The summed E-state index contributed by atoms with van der Waals surface area (Å²) in [5, 5.41) is 5.21. The summed E-state index contributed by atoms with van der Waals surface area (Å²) in [5.74, 6) is 1.44. The average molecular weight is 443 g/mol. The first-order chi connectivity index (χ1) is 15.4. The molecule has 0 saturated heterocycles. The molecule has 2 amide bonds. The Morgan fingerprint density at radius 2 is 1.56 bits per heavy atom.